The summed E-state index contributed by atoms with van der Waals surface area (Å²) in [5.41, 5.74) is 14.0. The van der Waals surface area contributed by atoms with Gasteiger partial charge in [0.05, 0.1) is 49.2 Å². The predicted molar refractivity (Wildman–Crippen MR) is 214 cm³/mol. The minimum atomic E-state index is -4.92. The molecule has 5 aromatic heterocycles. The first-order valence-electron chi connectivity index (χ1n) is 18.0. The zero-order valence-electron chi connectivity index (χ0n) is 38.3. The molecule has 0 spiro atoms. The number of nitrogen functional groups attached to an aromatic ring is 2. The number of nitrogens with two attached hydrogens (primary N) is 2. The number of nitrogens with zero attached hydrogens (tertiary/aromatic N) is 15. The summed E-state index contributed by atoms with van der Waals surface area (Å²) in [4.78, 5) is 20.6. The van der Waals surface area contributed by atoms with Crippen LogP contribution in [0.2, 0.25) is 0 Å². The normalized spacial score (nSPS) is 12.2. The van der Waals surface area contributed by atoms with Crippen LogP contribution in [0.4, 0.5) is 34.9 Å². The van der Waals surface area contributed by atoms with E-state index in [4.69, 9.17) is 11.5 Å². The van der Waals surface area contributed by atoms with E-state index in [2.05, 4.69) is 68.6 Å². The summed E-state index contributed by atoms with van der Waals surface area (Å²) in [6.45, 7) is 14.7. The van der Waals surface area contributed by atoms with Gasteiger partial charge in [0, 0.05) is 17.4 Å². The van der Waals surface area contributed by atoms with Gasteiger partial charge in [-0.05, 0) is 29.2 Å². The van der Waals surface area contributed by atoms with Gasteiger partial charge in [-0.25, -0.2) is 36.8 Å². The molecule has 0 aliphatic rings. The number of aromatic nitrogens is 11. The van der Waals surface area contributed by atoms with Crippen LogP contribution in [0.1, 0.15) is 52.9 Å². The molecule has 0 radical (unpaired) electrons. The van der Waals surface area contributed by atoms with Crippen LogP contribution in [0.25, 0.3) is 34.0 Å². The van der Waals surface area contributed by atoms with Crippen molar-refractivity contribution in [3.63, 3.8) is 0 Å². The van der Waals surface area contributed by atoms with Crippen molar-refractivity contribution >= 4 is 77.2 Å². The molecule has 0 atom stereocenters. The molecular weight excluding hydrogens is 869 g/mol. The molecule has 0 saturated heterocycles. The fraction of sp³-hybridized carbons (Fsp3) is 0.314. The number of aryl methyl sites for hydroxylation is 1. The quantitative estimate of drug-likeness (QED) is 0.0527. The first-order chi connectivity index (χ1) is 28.4. The largest absolute Gasteiger partial charge is 1.00 e. The van der Waals surface area contributed by atoms with E-state index in [1.807, 2.05) is 20.8 Å². The van der Waals surface area contributed by atoms with Crippen molar-refractivity contribution in [1.29, 1.82) is 0 Å². The van der Waals surface area contributed by atoms with Gasteiger partial charge in [-0.2, -0.15) is 42.7 Å². The van der Waals surface area contributed by atoms with Crippen molar-refractivity contribution in [3.8, 4) is 17.9 Å². The molecule has 7 aromatic rings. The van der Waals surface area contributed by atoms with Gasteiger partial charge in [-0.1, -0.05) is 41.5 Å². The third-order valence-corrected chi connectivity index (χ3v) is 10.5. The molecule has 5 heterocycles. The van der Waals surface area contributed by atoms with Crippen molar-refractivity contribution in [3.05, 3.63) is 60.8 Å². The van der Waals surface area contributed by atoms with Gasteiger partial charge in [0.25, 0.3) is 17.8 Å². The second-order valence-electron chi connectivity index (χ2n) is 15.5. The van der Waals surface area contributed by atoms with E-state index >= 15 is 0 Å². The number of fused-ring (bicyclic) bond motifs is 2. The second-order valence-corrected chi connectivity index (χ2v) is 18.4. The maximum absolute atomic E-state index is 13.1. The summed E-state index contributed by atoms with van der Waals surface area (Å²) >= 11 is 0. The molecule has 0 bridgehead atoms. The summed E-state index contributed by atoms with van der Waals surface area (Å²) in [6.07, 6.45) is 0. The maximum atomic E-state index is 13.1. The Morgan fingerprint density at radius 3 is 1.64 bits per heavy atom. The standard InChI is InChI=1S/C35H39N17O7S2.5Li/c1-8-49-21-12-10-9-11-19(21)38-31(49)45-43-23-25(34(2,3)4)47-51(27(23)36)29-40-30(42-33(53)41-29)52-28(37)24(26(48-52)35(5,6)7)44-46-32-39-20-14-13-18(61(57,58)59)17-22(20)50(32)15-16-60(54,55)56;;;;;/h9,11-14,17H,1,8,15-16,36-37H2,2-7H3,(H,54,55,56)(H,57,58,59)(H,40,41,42,53);;;;;/q-2;5*+1/p-3. The first-order valence-corrected chi connectivity index (χ1v) is 21.0. The monoisotopic (exact) mass is 905 g/mol. The third kappa shape index (κ3) is 12.1. The molecule has 320 valence electrons. The van der Waals surface area contributed by atoms with Crippen LogP contribution in [0.3, 0.4) is 0 Å². The van der Waals surface area contributed by atoms with Gasteiger partial charge < -0.3 is 41.7 Å². The first kappa shape index (κ1) is 58.3. The van der Waals surface area contributed by atoms with Crippen molar-refractivity contribution in [2.75, 3.05) is 17.2 Å². The topological polar surface area (TPSA) is 349 Å². The molecule has 7 rings (SSSR count). The molecule has 4 N–H and O–H groups in total. The van der Waals surface area contributed by atoms with E-state index in [-0.39, 0.29) is 158 Å². The summed E-state index contributed by atoms with van der Waals surface area (Å²) in [6, 6.07) is 10.5. The number of azo groups is 2. The molecular formula is C35H36Li5N17O7S2. The van der Waals surface area contributed by atoms with Crippen molar-refractivity contribution < 1.29 is 125 Å². The Morgan fingerprint density at radius 2 is 1.18 bits per heavy atom. The number of benzene rings is 2. The number of rotatable bonds is 11. The zero-order chi connectivity index (χ0) is 44.4. The molecule has 24 nitrogen and oxygen atoms in total. The molecule has 0 aliphatic heterocycles. The van der Waals surface area contributed by atoms with Crippen molar-refractivity contribution in [2.24, 2.45) is 20.5 Å². The predicted octanol–water partition coefficient (Wildman–Crippen LogP) is -11.3. The minimum Gasteiger partial charge on any atom is -0.844 e. The van der Waals surface area contributed by atoms with E-state index in [0.29, 0.717) is 17.8 Å². The molecule has 0 saturated carbocycles. The molecule has 66 heavy (non-hydrogen) atoms. The van der Waals surface area contributed by atoms with Crippen LogP contribution in [-0.4, -0.2) is 85.3 Å². The van der Waals surface area contributed by atoms with Crippen LogP contribution in [-0.2, 0) is 44.2 Å². The average Bonchev–Trinajstić information content (AvgIpc) is 3.90. The fourth-order valence-electron chi connectivity index (χ4n) is 6.11. The Bertz CT molecular complexity index is 3180. The van der Waals surface area contributed by atoms with Crippen LogP contribution in [0.15, 0.2) is 61.8 Å². The zero-order valence-corrected chi connectivity index (χ0v) is 40.0. The number of imidazole rings is 2. The maximum Gasteiger partial charge on any atom is 1.00 e. The second kappa shape index (κ2) is 21.7. The third-order valence-electron chi connectivity index (χ3n) is 9.01. The average molecular weight is 906 g/mol. The van der Waals surface area contributed by atoms with Gasteiger partial charge in [0.1, 0.15) is 10.1 Å². The van der Waals surface area contributed by atoms with Crippen molar-refractivity contribution in [1.82, 2.24) is 53.6 Å². The van der Waals surface area contributed by atoms with E-state index < -0.39 is 54.3 Å². The number of hydrogen-bond donors (Lipinski definition) is 2. The minimum absolute atomic E-state index is 0. The van der Waals surface area contributed by atoms with Crippen LogP contribution in [0, 0.1) is 13.0 Å². The summed E-state index contributed by atoms with van der Waals surface area (Å²) in [5, 5.41) is 39.6. The molecule has 0 amide bonds. The Labute approximate surface area is 439 Å². The Morgan fingerprint density at radius 1 is 0.697 bits per heavy atom. The SMILES string of the molecule is [CH2-]Cn1c(N=Nc2c(C(C)(C)C)nn(-c3nc([O-])nc(-n4nc(C(C)(C)C)c(N=Nc5nc6ccc(S(=O)(=O)[O-])cc6n5CCS(=O)(=O)[O-])c4N)n3)c2N)nc2cc[c-]cc21.[Li+].[Li+].[Li+].[Li+].[Li+]. The van der Waals surface area contributed by atoms with Gasteiger partial charge in [-0.3, -0.25) is 0 Å². The molecule has 0 aliphatic carbocycles. The van der Waals surface area contributed by atoms with Gasteiger partial charge in [-0.15, -0.1) is 33.1 Å². The summed E-state index contributed by atoms with van der Waals surface area (Å²) in [7, 11) is -9.70. The van der Waals surface area contributed by atoms with Gasteiger partial charge in [0.2, 0.25) is 5.95 Å². The van der Waals surface area contributed by atoms with E-state index in [1.54, 1.807) is 43.5 Å². The molecule has 31 heteroatoms. The summed E-state index contributed by atoms with van der Waals surface area (Å²) < 4.78 is 75.1. The van der Waals surface area contributed by atoms with E-state index in [9.17, 15) is 31.0 Å². The van der Waals surface area contributed by atoms with Crippen LogP contribution in [0.5, 0.6) is 6.01 Å². The van der Waals surface area contributed by atoms with Crippen LogP contribution >= 0.6 is 0 Å². The Kier molecular flexibility index (Phi) is 19.2. The Hall–Kier alpha value is -3.78. The Balaban J connectivity index is 0.00000299. The molecule has 0 fully saturated rings. The smallest absolute Gasteiger partial charge is 0.844 e. The fourth-order valence-corrected chi connectivity index (χ4v) is 7.01. The van der Waals surface area contributed by atoms with E-state index in [1.165, 1.54) is 6.07 Å². The van der Waals surface area contributed by atoms with E-state index in [0.717, 1.165) is 31.6 Å². The molecule has 0 unspecified atom stereocenters. The van der Waals surface area contributed by atoms with Crippen molar-refractivity contribution in [2.45, 2.75) is 70.4 Å². The number of hydrogen-bond acceptors (Lipinski definition) is 20. The van der Waals surface area contributed by atoms with Gasteiger partial charge in [0.15, 0.2) is 23.0 Å². The molecule has 2 aromatic carbocycles. The van der Waals surface area contributed by atoms with Gasteiger partial charge >= 0.3 is 94.3 Å². The number of anilines is 2. The summed E-state index contributed by atoms with van der Waals surface area (Å²) in [5.74, 6) is -1.88. The van der Waals surface area contributed by atoms with Crippen LogP contribution < -0.4 is 111 Å².